The van der Waals surface area contributed by atoms with Crippen LogP contribution in [0.5, 0.6) is 0 Å². The minimum Gasteiger partial charge on any atom is -0.311 e. The van der Waals surface area contributed by atoms with Crippen LogP contribution >= 0.6 is 0 Å². The zero-order valence-corrected chi connectivity index (χ0v) is 11.2. The molecule has 0 radical (unpaired) electrons. The number of para-hydroxylation sites is 2. The van der Waals surface area contributed by atoms with Crippen molar-refractivity contribution >= 4 is 11.0 Å². The van der Waals surface area contributed by atoms with Gasteiger partial charge in [0, 0.05) is 18.9 Å². The molecule has 1 aromatic carbocycles. The van der Waals surface area contributed by atoms with Crippen LogP contribution in [0.4, 0.5) is 0 Å². The van der Waals surface area contributed by atoms with Crippen LogP contribution in [0.2, 0.25) is 0 Å². The van der Waals surface area contributed by atoms with E-state index in [1.807, 2.05) is 42.7 Å². The molecule has 3 rings (SSSR count). The summed E-state index contributed by atoms with van der Waals surface area (Å²) < 4.78 is 0. The summed E-state index contributed by atoms with van der Waals surface area (Å²) in [6, 6.07) is 12.0. The van der Waals surface area contributed by atoms with Gasteiger partial charge in [0.25, 0.3) is 0 Å². The Kier molecular flexibility index (Phi) is 3.94. The molecule has 0 atom stereocenters. The summed E-state index contributed by atoms with van der Waals surface area (Å²) in [7, 11) is 0. The van der Waals surface area contributed by atoms with Crippen molar-refractivity contribution in [3.63, 3.8) is 0 Å². The molecule has 0 saturated heterocycles. The van der Waals surface area contributed by atoms with Gasteiger partial charge < -0.3 is 5.32 Å². The summed E-state index contributed by atoms with van der Waals surface area (Å²) >= 11 is 0. The Balaban J connectivity index is 1.55. The van der Waals surface area contributed by atoms with E-state index < -0.39 is 0 Å². The van der Waals surface area contributed by atoms with E-state index in [0.29, 0.717) is 0 Å². The number of aromatic nitrogens is 3. The number of rotatable bonds is 5. The largest absolute Gasteiger partial charge is 0.311 e. The van der Waals surface area contributed by atoms with Crippen LogP contribution in [-0.4, -0.2) is 21.5 Å². The summed E-state index contributed by atoms with van der Waals surface area (Å²) in [5.41, 5.74) is 4.09. The van der Waals surface area contributed by atoms with Crippen molar-refractivity contribution < 1.29 is 0 Å². The van der Waals surface area contributed by atoms with Gasteiger partial charge in [-0.15, -0.1) is 0 Å². The zero-order valence-electron chi connectivity index (χ0n) is 11.2. The Morgan fingerprint density at radius 2 is 1.85 bits per heavy atom. The lowest BCUT2D eigenvalue weighted by atomic mass is 10.2. The van der Waals surface area contributed by atoms with Crippen LogP contribution in [0, 0.1) is 0 Å². The number of pyridine rings is 1. The minimum absolute atomic E-state index is 0.734. The van der Waals surface area contributed by atoms with Crippen LogP contribution < -0.4 is 5.32 Å². The van der Waals surface area contributed by atoms with Crippen molar-refractivity contribution in [1.29, 1.82) is 0 Å². The zero-order chi connectivity index (χ0) is 13.6. The van der Waals surface area contributed by atoms with Crippen molar-refractivity contribution in [2.45, 2.75) is 13.0 Å². The number of hydrogen-bond acceptors (Lipinski definition) is 4. The maximum Gasteiger partial charge on any atom is 0.0890 e. The number of hydrogen-bond donors (Lipinski definition) is 1. The average Bonchev–Trinajstić information content (AvgIpc) is 2.52. The lowest BCUT2D eigenvalue weighted by Crippen LogP contribution is -2.17. The van der Waals surface area contributed by atoms with E-state index in [0.717, 1.165) is 36.2 Å². The maximum atomic E-state index is 4.58. The van der Waals surface area contributed by atoms with Gasteiger partial charge in [-0.2, -0.15) is 0 Å². The van der Waals surface area contributed by atoms with Crippen LogP contribution in [-0.2, 0) is 13.0 Å². The SMILES string of the molecule is c1cncc(CCNCc2cnc3ccccc3n2)c1. The van der Waals surface area contributed by atoms with Gasteiger partial charge in [-0.1, -0.05) is 18.2 Å². The van der Waals surface area contributed by atoms with Gasteiger partial charge in [0.05, 0.1) is 22.9 Å². The first-order valence-electron chi connectivity index (χ1n) is 6.72. The summed E-state index contributed by atoms with van der Waals surface area (Å²) in [5, 5.41) is 3.38. The molecular weight excluding hydrogens is 248 g/mol. The molecule has 0 saturated carbocycles. The first-order valence-corrected chi connectivity index (χ1v) is 6.72. The molecule has 0 aliphatic rings. The molecule has 2 aromatic heterocycles. The molecule has 0 fully saturated rings. The van der Waals surface area contributed by atoms with E-state index in [1.54, 1.807) is 6.20 Å². The van der Waals surface area contributed by atoms with E-state index in [1.165, 1.54) is 5.56 Å². The molecule has 0 bridgehead atoms. The summed E-state index contributed by atoms with van der Waals surface area (Å²) in [5.74, 6) is 0. The van der Waals surface area contributed by atoms with Gasteiger partial charge in [0.15, 0.2) is 0 Å². The number of nitrogens with one attached hydrogen (secondary N) is 1. The molecular formula is C16H16N4. The van der Waals surface area contributed by atoms with Gasteiger partial charge in [0.2, 0.25) is 0 Å². The van der Waals surface area contributed by atoms with Crippen molar-refractivity contribution in [3.8, 4) is 0 Å². The Labute approximate surface area is 117 Å². The molecule has 20 heavy (non-hydrogen) atoms. The third kappa shape index (κ3) is 3.16. The molecule has 0 unspecified atom stereocenters. The van der Waals surface area contributed by atoms with Crippen LogP contribution in [0.25, 0.3) is 11.0 Å². The predicted octanol–water partition coefficient (Wildman–Crippen LogP) is 2.36. The van der Waals surface area contributed by atoms with Gasteiger partial charge in [-0.3, -0.25) is 9.97 Å². The van der Waals surface area contributed by atoms with E-state index in [-0.39, 0.29) is 0 Å². The molecule has 0 spiro atoms. The van der Waals surface area contributed by atoms with Crippen molar-refractivity contribution in [2.24, 2.45) is 0 Å². The van der Waals surface area contributed by atoms with Crippen LogP contribution in [0.1, 0.15) is 11.3 Å². The highest BCUT2D eigenvalue weighted by atomic mass is 14.9. The summed E-state index contributed by atoms with van der Waals surface area (Å²) in [6.07, 6.45) is 6.49. The monoisotopic (exact) mass is 264 g/mol. The van der Waals surface area contributed by atoms with E-state index in [9.17, 15) is 0 Å². The molecule has 100 valence electrons. The number of fused-ring (bicyclic) bond motifs is 1. The van der Waals surface area contributed by atoms with Gasteiger partial charge in [-0.05, 0) is 36.7 Å². The fraction of sp³-hybridized carbons (Fsp3) is 0.188. The highest BCUT2D eigenvalue weighted by Gasteiger charge is 1.99. The molecule has 0 amide bonds. The quantitative estimate of drug-likeness (QED) is 0.719. The standard InChI is InChI=1S/C16H16N4/c1-2-6-16-15(5-1)19-12-14(20-16)11-18-9-7-13-4-3-8-17-10-13/h1-6,8,10,12,18H,7,9,11H2. The Morgan fingerprint density at radius 1 is 0.950 bits per heavy atom. The molecule has 2 heterocycles. The normalized spacial score (nSPS) is 10.8. The predicted molar refractivity (Wildman–Crippen MR) is 79.2 cm³/mol. The van der Waals surface area contributed by atoms with Gasteiger partial charge >= 0.3 is 0 Å². The first-order chi connectivity index (χ1) is 9.92. The third-order valence-electron chi connectivity index (χ3n) is 3.12. The fourth-order valence-corrected chi connectivity index (χ4v) is 2.08. The van der Waals surface area contributed by atoms with E-state index in [4.69, 9.17) is 0 Å². The molecule has 4 heteroatoms. The fourth-order valence-electron chi connectivity index (χ4n) is 2.08. The average molecular weight is 264 g/mol. The van der Waals surface area contributed by atoms with Crippen LogP contribution in [0.15, 0.2) is 55.0 Å². The second kappa shape index (κ2) is 6.21. The van der Waals surface area contributed by atoms with Crippen molar-refractivity contribution in [1.82, 2.24) is 20.3 Å². The maximum absolute atomic E-state index is 4.58. The third-order valence-corrected chi connectivity index (χ3v) is 3.12. The Bertz CT molecular complexity index is 682. The molecule has 0 aliphatic carbocycles. The second-order valence-electron chi connectivity index (χ2n) is 4.64. The lowest BCUT2D eigenvalue weighted by Gasteiger charge is -2.05. The number of nitrogens with zero attached hydrogens (tertiary/aromatic N) is 3. The highest BCUT2D eigenvalue weighted by Crippen LogP contribution is 2.08. The number of benzene rings is 1. The molecule has 1 N–H and O–H groups in total. The topological polar surface area (TPSA) is 50.7 Å². The highest BCUT2D eigenvalue weighted by molar-refractivity contribution is 5.73. The summed E-state index contributed by atoms with van der Waals surface area (Å²) in [4.78, 5) is 13.1. The van der Waals surface area contributed by atoms with E-state index in [2.05, 4.69) is 26.3 Å². The summed E-state index contributed by atoms with van der Waals surface area (Å²) in [6.45, 7) is 1.64. The lowest BCUT2D eigenvalue weighted by molar-refractivity contribution is 0.674. The molecule has 0 aliphatic heterocycles. The second-order valence-corrected chi connectivity index (χ2v) is 4.64. The van der Waals surface area contributed by atoms with Crippen molar-refractivity contribution in [3.05, 3.63) is 66.2 Å². The van der Waals surface area contributed by atoms with Crippen molar-refractivity contribution in [2.75, 3.05) is 6.54 Å². The smallest absolute Gasteiger partial charge is 0.0890 e. The molecule has 3 aromatic rings. The van der Waals surface area contributed by atoms with Gasteiger partial charge in [-0.25, -0.2) is 4.98 Å². The molecule has 4 nitrogen and oxygen atoms in total. The first kappa shape index (κ1) is 12.7. The van der Waals surface area contributed by atoms with Gasteiger partial charge in [0.1, 0.15) is 0 Å². The Morgan fingerprint density at radius 3 is 2.70 bits per heavy atom. The van der Waals surface area contributed by atoms with Crippen LogP contribution in [0.3, 0.4) is 0 Å². The van der Waals surface area contributed by atoms with E-state index >= 15 is 0 Å². The Hall–Kier alpha value is -2.33. The minimum atomic E-state index is 0.734.